The molecule has 1 heterocycles. The van der Waals surface area contributed by atoms with Crippen LogP contribution in [0, 0.1) is 0 Å². The van der Waals surface area contributed by atoms with E-state index in [4.69, 9.17) is 9.84 Å². The third-order valence-corrected chi connectivity index (χ3v) is 1.99. The van der Waals surface area contributed by atoms with Crippen molar-refractivity contribution >= 4 is 5.97 Å². The maximum absolute atomic E-state index is 10.9. The van der Waals surface area contributed by atoms with Crippen molar-refractivity contribution in [2.24, 2.45) is 0 Å². The lowest BCUT2D eigenvalue weighted by molar-refractivity contribution is 0.0683. The minimum absolute atomic E-state index is 0.147. The van der Waals surface area contributed by atoms with Crippen LogP contribution in [0.4, 0.5) is 0 Å². The average Bonchev–Trinajstić information content (AvgIpc) is 2.57. The molecule has 1 N–H and O–H groups in total. The van der Waals surface area contributed by atoms with Gasteiger partial charge in [0.2, 0.25) is 0 Å². The van der Waals surface area contributed by atoms with Crippen molar-refractivity contribution < 1.29 is 14.6 Å². The number of carboxylic acids is 1. The molecular formula is C9H15N3O3. The molecule has 0 aliphatic carbocycles. The van der Waals surface area contributed by atoms with E-state index in [9.17, 15) is 4.79 Å². The number of likely N-dealkylation sites (N-methyl/N-ethyl adjacent to an activating group) is 1. The molecular weight excluding hydrogens is 198 g/mol. The number of nitrogens with zero attached hydrogens (tertiary/aromatic N) is 3. The van der Waals surface area contributed by atoms with Crippen molar-refractivity contribution in [1.29, 1.82) is 0 Å². The van der Waals surface area contributed by atoms with Gasteiger partial charge < -0.3 is 14.7 Å². The lowest BCUT2D eigenvalue weighted by atomic mass is 10.4. The Hall–Kier alpha value is -1.56. The molecule has 0 radical (unpaired) electrons. The highest BCUT2D eigenvalue weighted by atomic mass is 16.5. The summed E-state index contributed by atoms with van der Waals surface area (Å²) in [6, 6.07) is 0.328. The molecule has 1 aromatic heterocycles. The van der Waals surface area contributed by atoms with Crippen LogP contribution < -0.4 is 4.74 Å². The topological polar surface area (TPSA) is 67.6 Å². The number of methoxy groups -OCH3 is 1. The number of ether oxygens (including phenoxy) is 1. The summed E-state index contributed by atoms with van der Waals surface area (Å²) in [5.41, 5.74) is 0.147. The van der Waals surface area contributed by atoms with Gasteiger partial charge in [-0.05, 0) is 14.1 Å². The molecule has 0 atom stereocenters. The Morgan fingerprint density at radius 1 is 1.67 bits per heavy atom. The highest BCUT2D eigenvalue weighted by Crippen LogP contribution is 2.12. The third kappa shape index (κ3) is 2.69. The maximum atomic E-state index is 10.9. The summed E-state index contributed by atoms with van der Waals surface area (Å²) in [5, 5.41) is 8.91. The quantitative estimate of drug-likeness (QED) is 0.754. The lowest BCUT2D eigenvalue weighted by Gasteiger charge is -2.12. The summed E-state index contributed by atoms with van der Waals surface area (Å²) in [4.78, 5) is 16.7. The van der Waals surface area contributed by atoms with E-state index in [0.717, 1.165) is 6.54 Å². The van der Waals surface area contributed by atoms with Crippen molar-refractivity contribution in [3.05, 3.63) is 11.9 Å². The molecule has 84 valence electrons. The molecule has 0 bridgehead atoms. The summed E-state index contributed by atoms with van der Waals surface area (Å²) in [6.07, 6.45) is 1.30. The zero-order chi connectivity index (χ0) is 11.4. The molecule has 6 heteroatoms. The van der Waals surface area contributed by atoms with E-state index in [0.29, 0.717) is 12.6 Å². The third-order valence-electron chi connectivity index (χ3n) is 1.99. The molecule has 0 aliphatic rings. The first-order valence-electron chi connectivity index (χ1n) is 4.53. The van der Waals surface area contributed by atoms with Gasteiger partial charge in [0, 0.05) is 13.1 Å². The Morgan fingerprint density at radius 3 is 2.80 bits per heavy atom. The van der Waals surface area contributed by atoms with E-state index in [1.165, 1.54) is 13.3 Å². The van der Waals surface area contributed by atoms with Gasteiger partial charge in [0.15, 0.2) is 0 Å². The van der Waals surface area contributed by atoms with Crippen molar-refractivity contribution in [3.63, 3.8) is 0 Å². The summed E-state index contributed by atoms with van der Waals surface area (Å²) in [7, 11) is 5.31. The fourth-order valence-corrected chi connectivity index (χ4v) is 1.21. The molecule has 0 aromatic carbocycles. The highest BCUT2D eigenvalue weighted by molar-refractivity contribution is 5.85. The van der Waals surface area contributed by atoms with E-state index in [1.54, 1.807) is 4.57 Å². The smallest absolute Gasteiger partial charge is 0.354 e. The lowest BCUT2D eigenvalue weighted by Crippen LogP contribution is -2.21. The largest absolute Gasteiger partial charge is 0.477 e. The molecule has 15 heavy (non-hydrogen) atoms. The fraction of sp³-hybridized carbons (Fsp3) is 0.556. The van der Waals surface area contributed by atoms with Gasteiger partial charge in [-0.15, -0.1) is 0 Å². The van der Waals surface area contributed by atoms with Crippen LogP contribution in [0.3, 0.4) is 0 Å². The number of carboxylic acid groups (broad SMARTS) is 1. The molecule has 1 rings (SSSR count). The number of imidazole rings is 1. The van der Waals surface area contributed by atoms with E-state index >= 15 is 0 Å². The predicted molar refractivity (Wildman–Crippen MR) is 54.3 cm³/mol. The van der Waals surface area contributed by atoms with Crippen molar-refractivity contribution in [2.45, 2.75) is 6.54 Å². The molecule has 0 spiro atoms. The summed E-state index contributed by atoms with van der Waals surface area (Å²) in [6.45, 7) is 1.27. The summed E-state index contributed by atoms with van der Waals surface area (Å²) in [5.74, 6) is -0.996. The van der Waals surface area contributed by atoms with Crippen LogP contribution in [-0.2, 0) is 6.54 Å². The predicted octanol–water partition coefficient (Wildman–Crippen LogP) is 0.151. The number of aromatic carboxylic acids is 1. The first kappa shape index (κ1) is 11.5. The Kier molecular flexibility index (Phi) is 3.68. The molecule has 0 amide bonds. The van der Waals surface area contributed by atoms with Gasteiger partial charge in [0.1, 0.15) is 5.69 Å². The van der Waals surface area contributed by atoms with Crippen LogP contribution in [0.2, 0.25) is 0 Å². The molecule has 0 unspecified atom stereocenters. The standard InChI is InChI=1S/C9H15N3O3/c1-11(2)4-5-12-7(8(13)14)6-10-9(12)15-3/h6H,4-5H2,1-3H3,(H,13,14). The number of rotatable bonds is 5. The van der Waals surface area contributed by atoms with Gasteiger partial charge in [0.25, 0.3) is 6.01 Å². The SMILES string of the molecule is COc1ncc(C(=O)O)n1CCN(C)C. The second-order valence-corrected chi connectivity index (χ2v) is 3.39. The van der Waals surface area contributed by atoms with Gasteiger partial charge >= 0.3 is 5.97 Å². The van der Waals surface area contributed by atoms with Crippen LogP contribution in [0.1, 0.15) is 10.5 Å². The van der Waals surface area contributed by atoms with E-state index in [-0.39, 0.29) is 5.69 Å². The van der Waals surface area contributed by atoms with Gasteiger partial charge in [-0.3, -0.25) is 4.57 Å². The van der Waals surface area contributed by atoms with Crippen molar-refractivity contribution in [2.75, 3.05) is 27.7 Å². The zero-order valence-electron chi connectivity index (χ0n) is 9.10. The molecule has 0 saturated heterocycles. The highest BCUT2D eigenvalue weighted by Gasteiger charge is 2.15. The van der Waals surface area contributed by atoms with Crippen LogP contribution in [0.25, 0.3) is 0 Å². The zero-order valence-corrected chi connectivity index (χ0v) is 9.10. The summed E-state index contributed by atoms with van der Waals surface area (Å²) < 4.78 is 6.52. The summed E-state index contributed by atoms with van der Waals surface area (Å²) >= 11 is 0. The minimum Gasteiger partial charge on any atom is -0.477 e. The number of hydrogen-bond donors (Lipinski definition) is 1. The van der Waals surface area contributed by atoms with Crippen LogP contribution >= 0.6 is 0 Å². The Morgan fingerprint density at radius 2 is 2.33 bits per heavy atom. The van der Waals surface area contributed by atoms with Crippen LogP contribution in [0.5, 0.6) is 6.01 Å². The van der Waals surface area contributed by atoms with Gasteiger partial charge in [0.05, 0.1) is 13.3 Å². The normalized spacial score (nSPS) is 10.7. The van der Waals surface area contributed by atoms with E-state index in [2.05, 4.69) is 4.98 Å². The first-order valence-corrected chi connectivity index (χ1v) is 4.53. The molecule has 6 nitrogen and oxygen atoms in total. The van der Waals surface area contributed by atoms with Gasteiger partial charge in [-0.2, -0.15) is 0 Å². The fourth-order valence-electron chi connectivity index (χ4n) is 1.21. The second-order valence-electron chi connectivity index (χ2n) is 3.39. The Balaban J connectivity index is 2.90. The molecule has 1 aromatic rings. The average molecular weight is 213 g/mol. The second kappa shape index (κ2) is 4.79. The van der Waals surface area contributed by atoms with Crippen LogP contribution in [-0.4, -0.2) is 53.3 Å². The first-order chi connectivity index (χ1) is 7.06. The maximum Gasteiger partial charge on any atom is 0.354 e. The van der Waals surface area contributed by atoms with E-state index in [1.807, 2.05) is 19.0 Å². The van der Waals surface area contributed by atoms with E-state index < -0.39 is 5.97 Å². The Labute approximate surface area is 88.1 Å². The number of carbonyl (C=O) groups is 1. The molecule has 0 saturated carbocycles. The van der Waals surface area contributed by atoms with Gasteiger partial charge in [-0.25, -0.2) is 9.78 Å². The van der Waals surface area contributed by atoms with Crippen molar-refractivity contribution in [1.82, 2.24) is 14.5 Å². The van der Waals surface area contributed by atoms with Crippen LogP contribution in [0.15, 0.2) is 6.20 Å². The molecule has 0 aliphatic heterocycles. The minimum atomic E-state index is -0.996. The monoisotopic (exact) mass is 213 g/mol. The van der Waals surface area contributed by atoms with Crippen molar-refractivity contribution in [3.8, 4) is 6.01 Å². The number of hydrogen-bond acceptors (Lipinski definition) is 4. The van der Waals surface area contributed by atoms with Gasteiger partial charge in [-0.1, -0.05) is 0 Å². The Bertz CT molecular complexity index is 346. The number of aromatic nitrogens is 2. The molecule has 0 fully saturated rings.